The second-order valence-electron chi connectivity index (χ2n) is 5.97. The molecule has 0 saturated carbocycles. The van der Waals surface area contributed by atoms with Gasteiger partial charge in [-0.3, -0.25) is 4.79 Å². The molecule has 1 atom stereocenters. The van der Waals surface area contributed by atoms with Gasteiger partial charge in [-0.2, -0.15) is 13.2 Å². The molecule has 1 aromatic heterocycles. The summed E-state index contributed by atoms with van der Waals surface area (Å²) < 4.78 is 39.2. The lowest BCUT2D eigenvalue weighted by Gasteiger charge is -2.16. The van der Waals surface area contributed by atoms with Gasteiger partial charge in [-0.1, -0.05) is 59.8 Å². The van der Waals surface area contributed by atoms with E-state index in [4.69, 9.17) is 11.6 Å². The number of halogens is 4. The Kier molecular flexibility index (Phi) is 6.10. The van der Waals surface area contributed by atoms with Gasteiger partial charge in [-0.25, -0.2) is 9.97 Å². The molecule has 2 aromatic carbocycles. The fraction of sp³-hybridized carbons (Fsp3) is 0.211. The van der Waals surface area contributed by atoms with Crippen molar-refractivity contribution in [3.63, 3.8) is 0 Å². The molecular formula is C19H15ClF3N3OS. The Balaban J connectivity index is 1.76. The first-order valence-electron chi connectivity index (χ1n) is 8.26. The molecule has 3 aromatic rings. The van der Waals surface area contributed by atoms with Crippen molar-refractivity contribution in [3.8, 4) is 0 Å². The fourth-order valence-corrected chi connectivity index (χ4v) is 3.74. The maximum Gasteiger partial charge on any atom is 0.451 e. The number of carbonyl (C=O) groups is 1. The van der Waals surface area contributed by atoms with E-state index in [-0.39, 0.29) is 28.2 Å². The molecule has 1 unspecified atom stereocenters. The van der Waals surface area contributed by atoms with Gasteiger partial charge in [0.15, 0.2) is 0 Å². The molecule has 0 bridgehead atoms. The monoisotopic (exact) mass is 425 g/mol. The van der Waals surface area contributed by atoms with E-state index in [0.29, 0.717) is 10.4 Å². The molecule has 0 aliphatic heterocycles. The number of aromatic nitrogens is 2. The van der Waals surface area contributed by atoms with Crippen LogP contribution in [-0.2, 0) is 11.0 Å². The molecule has 146 valence electrons. The highest BCUT2D eigenvalue weighted by atomic mass is 35.5. The van der Waals surface area contributed by atoms with Gasteiger partial charge >= 0.3 is 6.18 Å². The maximum atomic E-state index is 13.1. The third-order valence-electron chi connectivity index (χ3n) is 3.91. The van der Waals surface area contributed by atoms with Crippen LogP contribution in [0.1, 0.15) is 24.4 Å². The molecule has 0 spiro atoms. The molecule has 0 radical (unpaired) electrons. The minimum Gasteiger partial charge on any atom is -0.349 e. The van der Waals surface area contributed by atoms with Crippen molar-refractivity contribution in [1.82, 2.24) is 15.3 Å². The summed E-state index contributed by atoms with van der Waals surface area (Å²) in [6, 6.07) is 13.2. The highest BCUT2D eigenvalue weighted by Crippen LogP contribution is 2.32. The molecule has 1 heterocycles. The van der Waals surface area contributed by atoms with Crippen LogP contribution < -0.4 is 5.32 Å². The van der Waals surface area contributed by atoms with Crippen LogP contribution in [0, 0.1) is 0 Å². The van der Waals surface area contributed by atoms with E-state index in [1.165, 1.54) is 6.07 Å². The molecule has 3 rings (SSSR count). The van der Waals surface area contributed by atoms with Crippen molar-refractivity contribution in [3.05, 3.63) is 64.9 Å². The summed E-state index contributed by atoms with van der Waals surface area (Å²) in [4.78, 5) is 19.5. The minimum absolute atomic E-state index is 0.0902. The molecule has 1 N–H and O–H groups in total. The zero-order chi connectivity index (χ0) is 20.3. The quantitative estimate of drug-likeness (QED) is 0.447. The number of benzene rings is 2. The summed E-state index contributed by atoms with van der Waals surface area (Å²) in [5.74, 6) is -1.65. The normalized spacial score (nSPS) is 12.8. The van der Waals surface area contributed by atoms with Gasteiger partial charge < -0.3 is 5.32 Å². The van der Waals surface area contributed by atoms with E-state index in [1.807, 2.05) is 6.07 Å². The first kappa shape index (κ1) is 20.4. The Morgan fingerprint density at radius 3 is 2.54 bits per heavy atom. The van der Waals surface area contributed by atoms with Crippen LogP contribution >= 0.6 is 23.4 Å². The second-order valence-corrected chi connectivity index (χ2v) is 7.34. The molecular weight excluding hydrogens is 411 g/mol. The number of rotatable bonds is 5. The van der Waals surface area contributed by atoms with E-state index in [1.54, 1.807) is 43.3 Å². The van der Waals surface area contributed by atoms with E-state index < -0.39 is 12.0 Å². The van der Waals surface area contributed by atoms with E-state index >= 15 is 0 Å². The Bertz CT molecular complexity index is 1010. The number of alkyl halides is 3. The third-order valence-corrected chi connectivity index (χ3v) is 5.25. The molecule has 0 saturated heterocycles. The number of amides is 1. The lowest BCUT2D eigenvalue weighted by atomic mass is 10.1. The largest absolute Gasteiger partial charge is 0.451 e. The van der Waals surface area contributed by atoms with Gasteiger partial charge in [0.2, 0.25) is 11.7 Å². The van der Waals surface area contributed by atoms with E-state index in [0.717, 1.165) is 17.3 Å². The Labute approximate surface area is 168 Å². The zero-order valence-electron chi connectivity index (χ0n) is 14.6. The summed E-state index contributed by atoms with van der Waals surface area (Å²) in [6.07, 6.45) is -4.67. The number of thioether (sulfide) groups is 1. The van der Waals surface area contributed by atoms with Crippen LogP contribution in [0.3, 0.4) is 0 Å². The van der Waals surface area contributed by atoms with Crippen LogP contribution in [0.2, 0.25) is 5.02 Å². The summed E-state index contributed by atoms with van der Waals surface area (Å²) >= 11 is 7.05. The van der Waals surface area contributed by atoms with Gasteiger partial charge in [0.05, 0.1) is 17.3 Å². The van der Waals surface area contributed by atoms with Gasteiger partial charge in [-0.05, 0) is 24.6 Å². The average Bonchev–Trinajstić information content (AvgIpc) is 2.65. The van der Waals surface area contributed by atoms with Gasteiger partial charge in [0, 0.05) is 10.4 Å². The second kappa shape index (κ2) is 8.36. The number of nitrogens with zero attached hydrogens (tertiary/aromatic N) is 2. The lowest BCUT2D eigenvalue weighted by Crippen LogP contribution is -2.28. The summed E-state index contributed by atoms with van der Waals surface area (Å²) in [5.41, 5.74) is 0.937. The van der Waals surface area contributed by atoms with Gasteiger partial charge in [0.1, 0.15) is 5.03 Å². The predicted molar refractivity (Wildman–Crippen MR) is 103 cm³/mol. The molecule has 1 amide bonds. The van der Waals surface area contributed by atoms with Crippen molar-refractivity contribution in [2.75, 3.05) is 5.75 Å². The molecule has 0 fully saturated rings. The predicted octanol–water partition coefficient (Wildman–Crippen LogP) is 5.27. The number of hydrogen-bond donors (Lipinski definition) is 1. The van der Waals surface area contributed by atoms with Crippen LogP contribution in [0.25, 0.3) is 10.9 Å². The van der Waals surface area contributed by atoms with Crippen LogP contribution in [0.5, 0.6) is 0 Å². The number of nitrogens with one attached hydrogen (secondary N) is 1. The van der Waals surface area contributed by atoms with Gasteiger partial charge in [0.25, 0.3) is 0 Å². The Morgan fingerprint density at radius 2 is 1.82 bits per heavy atom. The Morgan fingerprint density at radius 1 is 1.14 bits per heavy atom. The number of carbonyl (C=O) groups excluding carboxylic acids is 1. The standard InChI is InChI=1S/C19H15ClF3N3OS/c1-11(12-6-2-4-8-14(12)20)24-16(27)10-28-17-13-7-3-5-9-15(13)25-18(26-17)19(21,22)23/h2-9,11H,10H2,1H3,(H,24,27). The van der Waals surface area contributed by atoms with Crippen LogP contribution in [0.4, 0.5) is 13.2 Å². The summed E-state index contributed by atoms with van der Waals surface area (Å²) in [6.45, 7) is 1.78. The molecule has 28 heavy (non-hydrogen) atoms. The summed E-state index contributed by atoms with van der Waals surface area (Å²) in [5, 5.41) is 3.89. The third kappa shape index (κ3) is 4.74. The highest BCUT2D eigenvalue weighted by Gasteiger charge is 2.35. The highest BCUT2D eigenvalue weighted by molar-refractivity contribution is 8.00. The Hall–Kier alpha value is -2.32. The number of para-hydroxylation sites is 1. The molecule has 0 aliphatic rings. The van der Waals surface area contributed by atoms with Crippen molar-refractivity contribution in [1.29, 1.82) is 0 Å². The van der Waals surface area contributed by atoms with Gasteiger partial charge in [-0.15, -0.1) is 0 Å². The molecule has 4 nitrogen and oxygen atoms in total. The zero-order valence-corrected chi connectivity index (χ0v) is 16.2. The first-order chi connectivity index (χ1) is 13.3. The van der Waals surface area contributed by atoms with Crippen molar-refractivity contribution >= 4 is 40.2 Å². The minimum atomic E-state index is -4.67. The molecule has 9 heteroatoms. The topological polar surface area (TPSA) is 54.9 Å². The van der Waals surface area contributed by atoms with E-state index in [2.05, 4.69) is 15.3 Å². The smallest absolute Gasteiger partial charge is 0.349 e. The number of fused-ring (bicyclic) bond motifs is 1. The van der Waals surface area contributed by atoms with Crippen molar-refractivity contribution in [2.24, 2.45) is 0 Å². The molecule has 0 aliphatic carbocycles. The average molecular weight is 426 g/mol. The number of hydrogen-bond acceptors (Lipinski definition) is 4. The van der Waals surface area contributed by atoms with E-state index in [9.17, 15) is 18.0 Å². The fourth-order valence-electron chi connectivity index (χ4n) is 2.61. The van der Waals surface area contributed by atoms with Crippen LogP contribution in [0.15, 0.2) is 53.6 Å². The first-order valence-corrected chi connectivity index (χ1v) is 9.62. The summed E-state index contributed by atoms with van der Waals surface area (Å²) in [7, 11) is 0. The van der Waals surface area contributed by atoms with Crippen molar-refractivity contribution < 1.29 is 18.0 Å². The maximum absolute atomic E-state index is 13.1. The SMILES string of the molecule is CC(NC(=O)CSc1nc(C(F)(F)F)nc2ccccc12)c1ccccc1Cl. The van der Waals surface area contributed by atoms with Crippen LogP contribution in [-0.4, -0.2) is 21.6 Å². The van der Waals surface area contributed by atoms with Crippen molar-refractivity contribution in [2.45, 2.75) is 24.2 Å². The lowest BCUT2D eigenvalue weighted by molar-refractivity contribution is -0.145.